The quantitative estimate of drug-likeness (QED) is 0.732. The van der Waals surface area contributed by atoms with E-state index in [1.807, 2.05) is 53.8 Å². The van der Waals surface area contributed by atoms with Crippen molar-refractivity contribution in [1.29, 1.82) is 0 Å². The van der Waals surface area contributed by atoms with E-state index in [1.165, 1.54) is 0 Å². The van der Waals surface area contributed by atoms with Crippen LogP contribution in [0.1, 0.15) is 72.6 Å². The number of carbonyl (C=O) groups excluding carboxylic acids is 1. The summed E-state index contributed by atoms with van der Waals surface area (Å²) < 4.78 is 21.8. The molecule has 1 unspecified atom stereocenters. The van der Waals surface area contributed by atoms with Crippen molar-refractivity contribution >= 4 is 17.5 Å². The second kappa shape index (κ2) is 7.43. The summed E-state index contributed by atoms with van der Waals surface area (Å²) in [6.45, 7) is 15.0. The summed E-state index contributed by atoms with van der Waals surface area (Å²) in [4.78, 5) is 19.0. The summed E-state index contributed by atoms with van der Waals surface area (Å²) in [5.74, 6) is 0. The maximum absolute atomic E-state index is 13.1. The summed E-state index contributed by atoms with van der Waals surface area (Å²) in [5, 5.41) is 0. The molecule has 0 bridgehead atoms. The highest BCUT2D eigenvalue weighted by molar-refractivity contribution is 7.90. The van der Waals surface area contributed by atoms with Gasteiger partial charge in [-0.2, -0.15) is 0 Å². The van der Waals surface area contributed by atoms with Gasteiger partial charge >= 0.3 is 6.09 Å². The van der Waals surface area contributed by atoms with Crippen LogP contribution >= 0.6 is 0 Å². The summed E-state index contributed by atoms with van der Waals surface area (Å²) in [6, 6.07) is 4.05. The Labute approximate surface area is 178 Å². The van der Waals surface area contributed by atoms with Gasteiger partial charge in [0.15, 0.2) is 0 Å². The summed E-state index contributed by atoms with van der Waals surface area (Å²) in [5.41, 5.74) is 1.10. The second-order valence-electron chi connectivity index (χ2n) is 10.5. The molecule has 162 valence electrons. The first-order chi connectivity index (χ1) is 13.3. The number of pyridine rings is 1. The number of hydrogen-bond donors (Lipinski definition) is 1. The van der Waals surface area contributed by atoms with E-state index in [9.17, 15) is 9.35 Å². The zero-order chi connectivity index (χ0) is 21.7. The molecule has 2 aliphatic rings. The fourth-order valence-electron chi connectivity index (χ4n) is 4.44. The van der Waals surface area contributed by atoms with Crippen molar-refractivity contribution in [2.75, 3.05) is 13.1 Å². The van der Waals surface area contributed by atoms with Gasteiger partial charge in [-0.1, -0.05) is 6.07 Å². The molecular formula is C22H35N3O3S. The fraction of sp³-hybridized carbons (Fsp3) is 0.727. The Bertz CT molecular complexity index is 763. The molecular weight excluding hydrogens is 386 g/mol. The lowest BCUT2D eigenvalue weighted by Gasteiger charge is -2.49. The lowest BCUT2D eigenvalue weighted by Crippen LogP contribution is -2.60. The van der Waals surface area contributed by atoms with E-state index in [0.717, 1.165) is 30.5 Å². The molecule has 0 radical (unpaired) electrons. The Kier molecular flexibility index (Phi) is 5.73. The van der Waals surface area contributed by atoms with Gasteiger partial charge in [0.1, 0.15) is 10.3 Å². The molecule has 6 nitrogen and oxygen atoms in total. The third-order valence-electron chi connectivity index (χ3n) is 6.22. The van der Waals surface area contributed by atoms with E-state index in [2.05, 4.69) is 22.7 Å². The number of nitrogens with one attached hydrogen (secondary N) is 1. The highest BCUT2D eigenvalue weighted by atomic mass is 32.2. The molecule has 29 heavy (non-hydrogen) atoms. The number of fused-ring (bicyclic) bond motifs is 1. The van der Waals surface area contributed by atoms with Crippen LogP contribution in [-0.4, -0.2) is 44.0 Å². The monoisotopic (exact) mass is 421 g/mol. The molecule has 0 aromatic carbocycles. The number of amides is 1. The highest BCUT2D eigenvalue weighted by Crippen LogP contribution is 2.55. The number of likely N-dealkylation sites (tertiary alicyclic amines) is 1. The maximum Gasteiger partial charge on any atom is 0.410 e. The third kappa shape index (κ3) is 4.28. The fourth-order valence-corrected chi connectivity index (χ4v) is 5.44. The average molecular weight is 422 g/mol. The number of piperidine rings is 1. The van der Waals surface area contributed by atoms with Crippen LogP contribution in [0.25, 0.3) is 0 Å². The van der Waals surface area contributed by atoms with Crippen LogP contribution in [0.5, 0.6) is 0 Å². The van der Waals surface area contributed by atoms with Gasteiger partial charge in [-0.25, -0.2) is 4.79 Å². The number of carbonyl (C=O) groups is 1. The van der Waals surface area contributed by atoms with Crippen LogP contribution in [0.2, 0.25) is 0 Å². The van der Waals surface area contributed by atoms with Crippen molar-refractivity contribution in [3.63, 3.8) is 0 Å². The van der Waals surface area contributed by atoms with Crippen molar-refractivity contribution < 1.29 is 14.1 Å². The minimum absolute atomic E-state index is 0.136. The Hall–Kier alpha value is -1.31. The van der Waals surface area contributed by atoms with E-state index < -0.39 is 22.5 Å². The van der Waals surface area contributed by atoms with E-state index in [4.69, 9.17) is 4.74 Å². The zero-order valence-corrected chi connectivity index (χ0v) is 19.6. The maximum atomic E-state index is 13.1. The molecule has 2 atom stereocenters. The molecule has 2 heterocycles. The van der Waals surface area contributed by atoms with Crippen molar-refractivity contribution in [3.05, 3.63) is 29.6 Å². The standard InChI is InChI=1S/C22H35N3O3S/c1-19(2,3)28-18(26)25-13-10-22(11-14-25)15-17-16(9-8-12-23-17)21(22,7)24-29(27)20(4,5)6/h8-9,12,24H,10-11,13-15H2,1-7H3/t21-,29?/m1/s1. The van der Waals surface area contributed by atoms with Crippen LogP contribution < -0.4 is 4.72 Å². The van der Waals surface area contributed by atoms with E-state index in [-0.39, 0.29) is 16.3 Å². The predicted molar refractivity (Wildman–Crippen MR) is 116 cm³/mol. The molecule has 1 aliphatic carbocycles. The molecule has 1 aromatic heterocycles. The normalized spacial score (nSPS) is 25.0. The molecule has 1 N–H and O–H groups in total. The SMILES string of the molecule is CC(C)(C)OC(=O)N1CCC2(CC1)Cc1ncccc1[C@@]2(C)N[S+]([O-])C(C)(C)C. The molecule has 1 amide bonds. The van der Waals surface area contributed by atoms with E-state index >= 15 is 0 Å². The Morgan fingerprint density at radius 2 is 1.86 bits per heavy atom. The molecule has 7 heteroatoms. The molecule has 1 spiro atoms. The minimum atomic E-state index is -1.22. The first-order valence-electron chi connectivity index (χ1n) is 10.4. The second-order valence-corrected chi connectivity index (χ2v) is 12.5. The lowest BCUT2D eigenvalue weighted by molar-refractivity contribution is -0.00332. The number of aromatic nitrogens is 1. The molecule has 1 aliphatic heterocycles. The van der Waals surface area contributed by atoms with Crippen LogP contribution in [0.3, 0.4) is 0 Å². The van der Waals surface area contributed by atoms with Gasteiger partial charge in [-0.05, 0) is 79.4 Å². The first-order valence-corrected chi connectivity index (χ1v) is 11.5. The topological polar surface area (TPSA) is 77.5 Å². The smallest absolute Gasteiger partial charge is 0.410 e. The van der Waals surface area contributed by atoms with Crippen LogP contribution in [-0.2, 0) is 28.1 Å². The molecule has 1 saturated heterocycles. The van der Waals surface area contributed by atoms with Crippen molar-refractivity contribution in [3.8, 4) is 0 Å². The molecule has 1 fully saturated rings. The van der Waals surface area contributed by atoms with Gasteiger partial charge < -0.3 is 14.2 Å². The largest absolute Gasteiger partial charge is 0.598 e. The highest BCUT2D eigenvalue weighted by Gasteiger charge is 2.59. The van der Waals surface area contributed by atoms with Crippen molar-refractivity contribution in [2.24, 2.45) is 5.41 Å². The average Bonchev–Trinajstić information content (AvgIpc) is 2.82. The molecule has 1 aromatic rings. The lowest BCUT2D eigenvalue weighted by atomic mass is 9.65. The van der Waals surface area contributed by atoms with Crippen LogP contribution in [0, 0.1) is 5.41 Å². The summed E-state index contributed by atoms with van der Waals surface area (Å²) in [6.07, 6.45) is 4.03. The van der Waals surface area contributed by atoms with E-state index in [0.29, 0.717) is 13.1 Å². The van der Waals surface area contributed by atoms with Crippen molar-refractivity contribution in [2.45, 2.75) is 83.6 Å². The van der Waals surface area contributed by atoms with Gasteiger partial charge in [0.05, 0.1) is 5.54 Å². The third-order valence-corrected chi connectivity index (χ3v) is 7.93. The van der Waals surface area contributed by atoms with Crippen molar-refractivity contribution in [1.82, 2.24) is 14.6 Å². The minimum Gasteiger partial charge on any atom is -0.598 e. The van der Waals surface area contributed by atoms with Gasteiger partial charge in [0.2, 0.25) is 0 Å². The Balaban J connectivity index is 1.86. The molecule has 3 rings (SSSR count). The zero-order valence-electron chi connectivity index (χ0n) is 18.8. The van der Waals surface area contributed by atoms with Crippen LogP contribution in [0.15, 0.2) is 18.3 Å². The van der Waals surface area contributed by atoms with Gasteiger partial charge in [-0.3, -0.25) is 4.98 Å². The predicted octanol–water partition coefficient (Wildman–Crippen LogP) is 3.92. The summed E-state index contributed by atoms with van der Waals surface area (Å²) >= 11 is -1.22. The molecule has 0 saturated carbocycles. The number of ether oxygens (including phenoxy) is 1. The number of hydrogen-bond acceptors (Lipinski definition) is 5. The Morgan fingerprint density at radius 1 is 1.24 bits per heavy atom. The van der Waals surface area contributed by atoms with Crippen LogP contribution in [0.4, 0.5) is 4.79 Å². The number of nitrogens with zero attached hydrogens (tertiary/aromatic N) is 2. The van der Waals surface area contributed by atoms with Gasteiger partial charge in [0, 0.05) is 41.8 Å². The first kappa shape index (κ1) is 22.4. The van der Waals surface area contributed by atoms with Gasteiger partial charge in [-0.15, -0.1) is 4.72 Å². The summed E-state index contributed by atoms with van der Waals surface area (Å²) in [7, 11) is 0. The van der Waals surface area contributed by atoms with E-state index in [1.54, 1.807) is 4.90 Å². The number of rotatable bonds is 2. The van der Waals surface area contributed by atoms with Gasteiger partial charge in [0.25, 0.3) is 0 Å². The Morgan fingerprint density at radius 3 is 2.41 bits per heavy atom.